The summed E-state index contributed by atoms with van der Waals surface area (Å²) in [6.07, 6.45) is 0.686. The molecule has 0 aliphatic carbocycles. The average Bonchev–Trinajstić information content (AvgIpc) is 2.94. The topological polar surface area (TPSA) is 77.2 Å². The fourth-order valence-electron chi connectivity index (χ4n) is 3.56. The van der Waals surface area contributed by atoms with Crippen molar-refractivity contribution in [3.63, 3.8) is 0 Å². The molecule has 0 bridgehead atoms. The second-order valence-corrected chi connectivity index (χ2v) is 7.39. The average molecular weight is 351 g/mol. The van der Waals surface area contributed by atoms with Gasteiger partial charge in [0.15, 0.2) is 0 Å². The van der Waals surface area contributed by atoms with Gasteiger partial charge in [-0.25, -0.2) is 4.98 Å². The Kier molecular flexibility index (Phi) is 3.72. The minimum atomic E-state index is -0.358. The predicted octanol–water partition coefficient (Wildman–Crippen LogP) is 3.87. The minimum Gasteiger partial charge on any atom is -0.487 e. The van der Waals surface area contributed by atoms with E-state index in [1.165, 1.54) is 0 Å². The Morgan fingerprint density at radius 2 is 2.04 bits per heavy atom. The lowest BCUT2D eigenvalue weighted by Crippen LogP contribution is -2.41. The highest BCUT2D eigenvalue weighted by atomic mass is 16.5. The minimum absolute atomic E-state index is 0.133. The van der Waals surface area contributed by atoms with Crippen molar-refractivity contribution in [3.05, 3.63) is 52.8 Å². The van der Waals surface area contributed by atoms with E-state index in [0.717, 1.165) is 11.3 Å². The van der Waals surface area contributed by atoms with E-state index in [1.54, 1.807) is 6.07 Å². The Labute approximate surface area is 151 Å². The van der Waals surface area contributed by atoms with Gasteiger partial charge in [0.2, 0.25) is 0 Å². The summed E-state index contributed by atoms with van der Waals surface area (Å²) in [7, 11) is 0. The number of amides is 1. The zero-order valence-electron chi connectivity index (χ0n) is 15.3. The zero-order valence-corrected chi connectivity index (χ0v) is 15.3. The highest BCUT2D eigenvalue weighted by Gasteiger charge is 2.34. The molecule has 0 fully saturated rings. The van der Waals surface area contributed by atoms with E-state index < -0.39 is 0 Å². The molecular formula is C20H21N3O3. The molecule has 134 valence electrons. The second kappa shape index (κ2) is 5.83. The fraction of sp³-hybridized carbons (Fsp3) is 0.350. The van der Waals surface area contributed by atoms with Gasteiger partial charge in [0, 0.05) is 17.7 Å². The van der Waals surface area contributed by atoms with E-state index in [0.29, 0.717) is 34.5 Å². The molecule has 4 rings (SSSR count). The monoisotopic (exact) mass is 351 g/mol. The zero-order chi connectivity index (χ0) is 18.5. The van der Waals surface area contributed by atoms with Crippen molar-refractivity contribution < 1.29 is 14.1 Å². The van der Waals surface area contributed by atoms with Crippen LogP contribution in [0, 0.1) is 13.8 Å². The van der Waals surface area contributed by atoms with Crippen molar-refractivity contribution in [1.82, 2.24) is 15.5 Å². The predicted molar refractivity (Wildman–Crippen MR) is 97.3 cm³/mol. The van der Waals surface area contributed by atoms with Crippen molar-refractivity contribution in [1.29, 1.82) is 0 Å². The lowest BCUT2D eigenvalue weighted by atomic mass is 9.89. The molecular weight excluding hydrogens is 330 g/mol. The van der Waals surface area contributed by atoms with Gasteiger partial charge in [-0.15, -0.1) is 0 Å². The Morgan fingerprint density at radius 1 is 1.27 bits per heavy atom. The number of ether oxygens (including phenoxy) is 1. The van der Waals surface area contributed by atoms with Crippen LogP contribution in [0.15, 0.2) is 34.9 Å². The highest BCUT2D eigenvalue weighted by Crippen LogP contribution is 2.39. The first-order chi connectivity index (χ1) is 12.3. The SMILES string of the molecule is Cc1cc(C(=O)N[C@@H]2CC(C)(C)Oc3ccccc32)c2c(C)noc2n1. The number of para-hydroxylation sites is 1. The third kappa shape index (κ3) is 2.81. The molecule has 6 heteroatoms. The van der Waals surface area contributed by atoms with Gasteiger partial charge >= 0.3 is 0 Å². The first-order valence-electron chi connectivity index (χ1n) is 8.66. The van der Waals surface area contributed by atoms with Gasteiger partial charge in [-0.3, -0.25) is 4.79 Å². The van der Waals surface area contributed by atoms with E-state index in [4.69, 9.17) is 9.26 Å². The molecule has 6 nitrogen and oxygen atoms in total. The van der Waals surface area contributed by atoms with Gasteiger partial charge in [0.25, 0.3) is 11.6 Å². The van der Waals surface area contributed by atoms with Crippen LogP contribution in [0.4, 0.5) is 0 Å². The van der Waals surface area contributed by atoms with E-state index in [9.17, 15) is 4.79 Å². The standard InChI is InChI=1S/C20H21N3O3/c1-11-9-14(17-12(2)23-26-19(17)21-11)18(24)22-15-10-20(3,4)25-16-8-6-5-7-13(15)16/h5-9,15H,10H2,1-4H3,(H,22,24)/t15-/m1/s1. The van der Waals surface area contributed by atoms with Gasteiger partial charge in [-0.1, -0.05) is 23.4 Å². The van der Waals surface area contributed by atoms with Crippen LogP contribution >= 0.6 is 0 Å². The van der Waals surface area contributed by atoms with Crippen molar-refractivity contribution >= 4 is 17.0 Å². The van der Waals surface area contributed by atoms with Crippen molar-refractivity contribution in [2.75, 3.05) is 0 Å². The number of hydrogen-bond donors (Lipinski definition) is 1. The van der Waals surface area contributed by atoms with Crippen LogP contribution in [0.25, 0.3) is 11.1 Å². The first-order valence-corrected chi connectivity index (χ1v) is 8.66. The number of pyridine rings is 1. The van der Waals surface area contributed by atoms with Crippen molar-refractivity contribution in [3.8, 4) is 5.75 Å². The smallest absolute Gasteiger partial charge is 0.258 e. The lowest BCUT2D eigenvalue weighted by Gasteiger charge is -2.37. The summed E-state index contributed by atoms with van der Waals surface area (Å²) in [5.74, 6) is 0.649. The molecule has 1 aliphatic rings. The summed E-state index contributed by atoms with van der Waals surface area (Å²) >= 11 is 0. The number of hydrogen-bond acceptors (Lipinski definition) is 5. The van der Waals surface area contributed by atoms with Crippen LogP contribution in [0.3, 0.4) is 0 Å². The molecule has 2 aromatic heterocycles. The van der Waals surface area contributed by atoms with Crippen molar-refractivity contribution in [2.45, 2.75) is 45.8 Å². The quantitative estimate of drug-likeness (QED) is 0.758. The highest BCUT2D eigenvalue weighted by molar-refractivity contribution is 6.06. The molecule has 1 amide bonds. The molecule has 0 spiro atoms. The number of fused-ring (bicyclic) bond motifs is 2. The molecule has 26 heavy (non-hydrogen) atoms. The molecule has 1 atom stereocenters. The molecule has 0 unspecified atom stereocenters. The lowest BCUT2D eigenvalue weighted by molar-refractivity contribution is 0.0620. The maximum atomic E-state index is 13.1. The summed E-state index contributed by atoms with van der Waals surface area (Å²) in [5, 5.41) is 7.78. The van der Waals surface area contributed by atoms with Gasteiger partial charge < -0.3 is 14.6 Å². The number of carbonyl (C=O) groups is 1. The summed E-state index contributed by atoms with van der Waals surface area (Å²) in [6.45, 7) is 7.70. The van der Waals surface area contributed by atoms with Gasteiger partial charge in [-0.2, -0.15) is 0 Å². The second-order valence-electron chi connectivity index (χ2n) is 7.39. The van der Waals surface area contributed by atoms with Crippen LogP contribution in [-0.4, -0.2) is 21.6 Å². The van der Waals surface area contributed by atoms with Gasteiger partial charge in [0.05, 0.1) is 22.7 Å². The maximum absolute atomic E-state index is 13.1. The molecule has 0 saturated heterocycles. The number of carbonyl (C=O) groups excluding carboxylic acids is 1. The Bertz CT molecular complexity index is 1010. The van der Waals surface area contributed by atoms with Crippen LogP contribution < -0.4 is 10.1 Å². The Balaban J connectivity index is 1.72. The van der Waals surface area contributed by atoms with E-state index in [-0.39, 0.29) is 17.6 Å². The molecule has 0 saturated carbocycles. The molecule has 3 heterocycles. The molecule has 0 radical (unpaired) electrons. The molecule has 3 aromatic rings. The van der Waals surface area contributed by atoms with Crippen LogP contribution in [0.1, 0.15) is 53.6 Å². The summed E-state index contributed by atoms with van der Waals surface area (Å²) in [5.41, 5.74) is 2.93. The summed E-state index contributed by atoms with van der Waals surface area (Å²) in [6, 6.07) is 9.47. The van der Waals surface area contributed by atoms with Gasteiger partial charge in [0.1, 0.15) is 11.4 Å². The fourth-order valence-corrected chi connectivity index (χ4v) is 3.56. The van der Waals surface area contributed by atoms with Crippen molar-refractivity contribution in [2.24, 2.45) is 0 Å². The molecule has 1 aliphatic heterocycles. The van der Waals surface area contributed by atoms with Gasteiger partial charge in [-0.05, 0) is 39.8 Å². The van der Waals surface area contributed by atoms with E-state index in [2.05, 4.69) is 15.5 Å². The number of nitrogens with zero attached hydrogens (tertiary/aromatic N) is 2. The third-order valence-corrected chi connectivity index (χ3v) is 4.67. The van der Waals surface area contributed by atoms with Crippen LogP contribution in [0.2, 0.25) is 0 Å². The Hall–Kier alpha value is -2.89. The first kappa shape index (κ1) is 16.6. The number of rotatable bonds is 2. The maximum Gasteiger partial charge on any atom is 0.258 e. The summed E-state index contributed by atoms with van der Waals surface area (Å²) in [4.78, 5) is 17.4. The number of benzene rings is 1. The van der Waals surface area contributed by atoms with E-state index >= 15 is 0 Å². The van der Waals surface area contributed by atoms with E-state index in [1.807, 2.05) is 52.0 Å². The molecule has 1 aromatic carbocycles. The summed E-state index contributed by atoms with van der Waals surface area (Å²) < 4.78 is 11.3. The third-order valence-electron chi connectivity index (χ3n) is 4.67. The number of nitrogens with one attached hydrogen (secondary N) is 1. The largest absolute Gasteiger partial charge is 0.487 e. The molecule has 1 N–H and O–H groups in total. The van der Waals surface area contributed by atoms with Crippen LogP contribution in [-0.2, 0) is 0 Å². The van der Waals surface area contributed by atoms with Crippen LogP contribution in [0.5, 0.6) is 5.75 Å². The number of aromatic nitrogens is 2. The normalized spacial score (nSPS) is 18.2. The Morgan fingerprint density at radius 3 is 2.85 bits per heavy atom. The number of aryl methyl sites for hydroxylation is 2.